The molecule has 1 N–H and O–H groups in total. The van der Waals surface area contributed by atoms with Crippen molar-refractivity contribution in [2.24, 2.45) is 0 Å². The van der Waals surface area contributed by atoms with E-state index >= 15 is 0 Å². The molecule has 2 rings (SSSR count). The molecule has 1 heterocycles. The Morgan fingerprint density at radius 1 is 1.20 bits per heavy atom. The molecule has 0 aliphatic heterocycles. The number of halogens is 1. The highest BCUT2D eigenvalue weighted by Crippen LogP contribution is 2.23. The summed E-state index contributed by atoms with van der Waals surface area (Å²) in [4.78, 5) is 8.83. The van der Waals surface area contributed by atoms with Crippen LogP contribution in [0.15, 0.2) is 28.7 Å². The smallest absolute Gasteiger partial charge is 0.168 e. The number of hydrogen-bond acceptors (Lipinski definition) is 4. The largest absolute Gasteiger partial charge is 0.485 e. The van der Waals surface area contributed by atoms with Crippen LogP contribution in [0.3, 0.4) is 0 Å². The van der Waals surface area contributed by atoms with Crippen LogP contribution in [0, 0.1) is 13.8 Å². The molecule has 0 aliphatic rings. The zero-order chi connectivity index (χ0) is 14.5. The molecule has 0 spiro atoms. The number of aryl methyl sites for hydroxylation is 2. The van der Waals surface area contributed by atoms with E-state index in [0.29, 0.717) is 12.4 Å². The molecule has 0 atom stereocenters. The number of nitrogens with zero attached hydrogens (tertiary/aromatic N) is 2. The highest BCUT2D eigenvalue weighted by Gasteiger charge is 2.05. The minimum Gasteiger partial charge on any atom is -0.485 e. The predicted molar refractivity (Wildman–Crippen MR) is 84.1 cm³/mol. The molecule has 0 bridgehead atoms. The summed E-state index contributed by atoms with van der Waals surface area (Å²) in [6.07, 6.45) is 0. The lowest BCUT2D eigenvalue weighted by molar-refractivity contribution is 0.293. The van der Waals surface area contributed by atoms with E-state index in [2.05, 4.69) is 31.2 Å². The number of nitrogens with one attached hydrogen (secondary N) is 1. The van der Waals surface area contributed by atoms with Crippen molar-refractivity contribution in [1.82, 2.24) is 9.97 Å². The molecule has 0 aliphatic carbocycles. The summed E-state index contributed by atoms with van der Waals surface area (Å²) < 4.78 is 6.81. The molecule has 2 aromatic rings. The van der Waals surface area contributed by atoms with Gasteiger partial charge in [-0.15, -0.1) is 0 Å². The van der Waals surface area contributed by atoms with E-state index in [9.17, 15) is 0 Å². The molecule has 106 valence electrons. The first kappa shape index (κ1) is 14.8. The monoisotopic (exact) mass is 335 g/mol. The molecule has 20 heavy (non-hydrogen) atoms. The highest BCUT2D eigenvalue weighted by atomic mass is 79.9. The van der Waals surface area contributed by atoms with E-state index in [1.807, 2.05) is 45.0 Å². The van der Waals surface area contributed by atoms with Gasteiger partial charge in [0, 0.05) is 22.8 Å². The Balaban J connectivity index is 2.12. The Morgan fingerprint density at radius 2 is 2.00 bits per heavy atom. The van der Waals surface area contributed by atoms with Gasteiger partial charge in [0.1, 0.15) is 18.2 Å². The van der Waals surface area contributed by atoms with Gasteiger partial charge in [0.05, 0.1) is 0 Å². The summed E-state index contributed by atoms with van der Waals surface area (Å²) in [6.45, 7) is 7.21. The molecular weight excluding hydrogens is 318 g/mol. The topological polar surface area (TPSA) is 47.0 Å². The number of aromatic nitrogens is 2. The van der Waals surface area contributed by atoms with Crippen molar-refractivity contribution < 1.29 is 4.74 Å². The molecule has 5 heteroatoms. The minimum atomic E-state index is 0.358. The predicted octanol–water partition coefficient (Wildman–Crippen LogP) is 3.87. The Bertz CT molecular complexity index is 602. The fourth-order valence-electron chi connectivity index (χ4n) is 1.84. The molecule has 4 nitrogen and oxygen atoms in total. The molecular formula is C15H18BrN3O. The average Bonchev–Trinajstić information content (AvgIpc) is 2.40. The first-order valence-corrected chi connectivity index (χ1v) is 7.35. The van der Waals surface area contributed by atoms with Crippen molar-refractivity contribution >= 4 is 21.7 Å². The molecule has 0 unspecified atom stereocenters. The number of rotatable bonds is 5. The third-order valence-electron chi connectivity index (χ3n) is 2.77. The van der Waals surface area contributed by atoms with Crippen molar-refractivity contribution in [2.75, 3.05) is 11.9 Å². The van der Waals surface area contributed by atoms with Crippen molar-refractivity contribution in [3.63, 3.8) is 0 Å². The van der Waals surface area contributed by atoms with Gasteiger partial charge in [-0.3, -0.25) is 0 Å². The van der Waals surface area contributed by atoms with E-state index in [4.69, 9.17) is 4.74 Å². The Kier molecular flexibility index (Phi) is 4.95. The maximum Gasteiger partial charge on any atom is 0.168 e. The van der Waals surface area contributed by atoms with Crippen LogP contribution in [0.5, 0.6) is 5.75 Å². The van der Waals surface area contributed by atoms with Gasteiger partial charge < -0.3 is 10.1 Å². The molecule has 0 saturated carbocycles. The van der Waals surface area contributed by atoms with E-state index in [1.165, 1.54) is 0 Å². The van der Waals surface area contributed by atoms with Crippen LogP contribution in [-0.4, -0.2) is 16.5 Å². The Labute approximate surface area is 127 Å². The molecule has 0 amide bonds. The number of anilines is 1. The van der Waals surface area contributed by atoms with Gasteiger partial charge >= 0.3 is 0 Å². The normalized spacial score (nSPS) is 10.4. The third-order valence-corrected chi connectivity index (χ3v) is 3.26. The lowest BCUT2D eigenvalue weighted by Crippen LogP contribution is -2.07. The number of ether oxygens (including phenoxy) is 1. The summed E-state index contributed by atoms with van der Waals surface area (Å²) in [5.41, 5.74) is 2.02. The van der Waals surface area contributed by atoms with E-state index in [-0.39, 0.29) is 0 Å². The van der Waals surface area contributed by atoms with E-state index in [0.717, 1.165) is 33.8 Å². The fourth-order valence-corrected chi connectivity index (χ4v) is 2.18. The van der Waals surface area contributed by atoms with Gasteiger partial charge in [-0.1, -0.05) is 22.0 Å². The lowest BCUT2D eigenvalue weighted by Gasteiger charge is -2.10. The summed E-state index contributed by atoms with van der Waals surface area (Å²) in [5.74, 6) is 2.36. The summed E-state index contributed by atoms with van der Waals surface area (Å²) >= 11 is 3.45. The molecule has 0 saturated heterocycles. The van der Waals surface area contributed by atoms with Gasteiger partial charge in [-0.25, -0.2) is 9.97 Å². The summed E-state index contributed by atoms with van der Waals surface area (Å²) in [6, 6.07) is 7.89. The van der Waals surface area contributed by atoms with E-state index in [1.54, 1.807) is 0 Å². The SMILES string of the molecule is CCNc1cc(C)nc(COc2cc(Br)ccc2C)n1. The van der Waals surface area contributed by atoms with Crippen molar-refractivity contribution in [2.45, 2.75) is 27.4 Å². The van der Waals surface area contributed by atoms with Crippen LogP contribution in [0.25, 0.3) is 0 Å². The molecule has 1 aromatic carbocycles. The zero-order valence-corrected chi connectivity index (χ0v) is 13.5. The molecule has 0 fully saturated rings. The zero-order valence-electron chi connectivity index (χ0n) is 11.9. The summed E-state index contributed by atoms with van der Waals surface area (Å²) in [7, 11) is 0. The number of benzene rings is 1. The van der Waals surface area contributed by atoms with Gasteiger partial charge in [-0.2, -0.15) is 0 Å². The van der Waals surface area contributed by atoms with Crippen molar-refractivity contribution in [3.8, 4) is 5.75 Å². The minimum absolute atomic E-state index is 0.358. The second-order valence-electron chi connectivity index (χ2n) is 4.54. The van der Waals surface area contributed by atoms with Crippen LogP contribution >= 0.6 is 15.9 Å². The second-order valence-corrected chi connectivity index (χ2v) is 5.46. The summed E-state index contributed by atoms with van der Waals surface area (Å²) in [5, 5.41) is 3.19. The standard InChI is InChI=1S/C15H18BrN3O/c1-4-17-14-7-11(3)18-15(19-14)9-20-13-8-12(16)6-5-10(13)2/h5-8H,4,9H2,1-3H3,(H,17,18,19). The Hall–Kier alpha value is -1.62. The van der Waals surface area contributed by atoms with Crippen LogP contribution in [0.4, 0.5) is 5.82 Å². The second kappa shape index (κ2) is 6.70. The first-order chi connectivity index (χ1) is 9.58. The highest BCUT2D eigenvalue weighted by molar-refractivity contribution is 9.10. The third kappa shape index (κ3) is 3.93. The van der Waals surface area contributed by atoms with Gasteiger partial charge in [0.15, 0.2) is 5.82 Å². The first-order valence-electron chi connectivity index (χ1n) is 6.56. The Morgan fingerprint density at radius 3 is 2.75 bits per heavy atom. The van der Waals surface area contributed by atoms with Gasteiger partial charge in [-0.05, 0) is 38.5 Å². The van der Waals surface area contributed by atoms with Gasteiger partial charge in [0.2, 0.25) is 0 Å². The van der Waals surface area contributed by atoms with Crippen LogP contribution in [0.2, 0.25) is 0 Å². The van der Waals surface area contributed by atoms with Gasteiger partial charge in [0.25, 0.3) is 0 Å². The maximum atomic E-state index is 5.81. The average molecular weight is 336 g/mol. The quantitative estimate of drug-likeness (QED) is 0.900. The maximum absolute atomic E-state index is 5.81. The fraction of sp³-hybridized carbons (Fsp3) is 0.333. The van der Waals surface area contributed by atoms with Crippen molar-refractivity contribution in [1.29, 1.82) is 0 Å². The van der Waals surface area contributed by atoms with Crippen LogP contribution in [-0.2, 0) is 6.61 Å². The molecule has 0 radical (unpaired) electrons. The van der Waals surface area contributed by atoms with E-state index < -0.39 is 0 Å². The number of hydrogen-bond donors (Lipinski definition) is 1. The van der Waals surface area contributed by atoms with Crippen LogP contribution in [0.1, 0.15) is 24.0 Å². The lowest BCUT2D eigenvalue weighted by atomic mass is 10.2. The molecule has 1 aromatic heterocycles. The van der Waals surface area contributed by atoms with Crippen molar-refractivity contribution in [3.05, 3.63) is 45.8 Å². The van der Waals surface area contributed by atoms with Crippen LogP contribution < -0.4 is 10.1 Å².